The van der Waals surface area contributed by atoms with Crippen LogP contribution in [0.2, 0.25) is 0 Å². The molecule has 0 aromatic carbocycles. The lowest BCUT2D eigenvalue weighted by molar-refractivity contribution is -0.121. The van der Waals surface area contributed by atoms with Gasteiger partial charge in [0.05, 0.1) is 5.69 Å². The van der Waals surface area contributed by atoms with Gasteiger partial charge >= 0.3 is 0 Å². The van der Waals surface area contributed by atoms with Crippen molar-refractivity contribution in [1.82, 2.24) is 9.97 Å². The average molecular weight is 215 g/mol. The fraction of sp³-hybridized carbons (Fsp3) is 0.182. The highest BCUT2D eigenvalue weighted by Gasteiger charge is 2.31. The number of carbonyl (C=O) groups excluding carboxylic acids is 2. The quantitative estimate of drug-likeness (QED) is 0.727. The van der Waals surface area contributed by atoms with E-state index < -0.39 is 0 Å². The number of aromatic amines is 1. The van der Waals surface area contributed by atoms with Crippen LogP contribution in [0.3, 0.4) is 0 Å². The van der Waals surface area contributed by atoms with E-state index in [4.69, 9.17) is 0 Å². The summed E-state index contributed by atoms with van der Waals surface area (Å²) < 4.78 is 0. The number of nitrogens with zero attached hydrogens (tertiary/aromatic N) is 2. The maximum Gasteiger partial charge on any atom is 0.234 e. The van der Waals surface area contributed by atoms with E-state index in [1.807, 2.05) is 6.07 Å². The number of anilines is 1. The van der Waals surface area contributed by atoms with Crippen LogP contribution in [0.25, 0.3) is 11.0 Å². The Balaban J connectivity index is 2.19. The van der Waals surface area contributed by atoms with Crippen molar-refractivity contribution in [3.8, 4) is 0 Å². The normalized spacial score (nSPS) is 16.4. The number of imide groups is 1. The fourth-order valence-corrected chi connectivity index (χ4v) is 1.97. The molecule has 1 aliphatic rings. The standard InChI is InChI=1S/C11H9N3O2/c15-9-3-4-10(16)14(9)8-6-13-11-7(8)2-1-5-12-11/h1-2,5-6H,3-4H2,(H,12,13). The highest BCUT2D eigenvalue weighted by molar-refractivity contribution is 6.22. The summed E-state index contributed by atoms with van der Waals surface area (Å²) in [7, 11) is 0. The Bertz CT molecular complexity index is 572. The molecular formula is C11H9N3O2. The van der Waals surface area contributed by atoms with E-state index in [-0.39, 0.29) is 11.8 Å². The zero-order valence-electron chi connectivity index (χ0n) is 8.43. The third-order valence-electron chi connectivity index (χ3n) is 2.72. The molecule has 16 heavy (non-hydrogen) atoms. The largest absolute Gasteiger partial charge is 0.344 e. The molecule has 3 heterocycles. The van der Waals surface area contributed by atoms with Gasteiger partial charge in [0.2, 0.25) is 11.8 Å². The van der Waals surface area contributed by atoms with Crippen molar-refractivity contribution < 1.29 is 9.59 Å². The third kappa shape index (κ3) is 1.14. The number of nitrogens with one attached hydrogen (secondary N) is 1. The molecule has 0 unspecified atom stereocenters. The number of pyridine rings is 1. The number of H-pyrrole nitrogens is 1. The molecule has 2 amide bonds. The summed E-state index contributed by atoms with van der Waals surface area (Å²) in [5.74, 6) is -0.287. The molecule has 5 heteroatoms. The van der Waals surface area contributed by atoms with Gasteiger partial charge in [-0.3, -0.25) is 9.59 Å². The summed E-state index contributed by atoms with van der Waals surface area (Å²) in [5, 5.41) is 0.797. The third-order valence-corrected chi connectivity index (χ3v) is 2.72. The number of aromatic nitrogens is 2. The average Bonchev–Trinajstić information content (AvgIpc) is 2.83. The predicted molar refractivity (Wildman–Crippen MR) is 57.8 cm³/mol. The lowest BCUT2D eigenvalue weighted by atomic mass is 10.3. The molecule has 5 nitrogen and oxygen atoms in total. The second kappa shape index (κ2) is 3.16. The van der Waals surface area contributed by atoms with Gasteiger partial charge in [-0.1, -0.05) is 0 Å². The van der Waals surface area contributed by atoms with E-state index in [1.165, 1.54) is 4.90 Å². The van der Waals surface area contributed by atoms with Crippen molar-refractivity contribution in [3.63, 3.8) is 0 Å². The Labute approximate surface area is 91.1 Å². The Morgan fingerprint density at radius 1 is 1.25 bits per heavy atom. The first-order valence-corrected chi connectivity index (χ1v) is 5.05. The van der Waals surface area contributed by atoms with Crippen molar-refractivity contribution in [2.24, 2.45) is 0 Å². The van der Waals surface area contributed by atoms with E-state index in [0.29, 0.717) is 24.2 Å². The van der Waals surface area contributed by atoms with Gasteiger partial charge in [-0.2, -0.15) is 0 Å². The smallest absolute Gasteiger partial charge is 0.234 e. The molecule has 0 saturated carbocycles. The molecule has 80 valence electrons. The first-order chi connectivity index (χ1) is 7.77. The number of hydrogen-bond acceptors (Lipinski definition) is 3. The number of carbonyl (C=O) groups is 2. The van der Waals surface area contributed by atoms with Crippen LogP contribution in [0.15, 0.2) is 24.5 Å². The number of rotatable bonds is 1. The second-order valence-corrected chi connectivity index (χ2v) is 3.70. The lowest BCUT2D eigenvalue weighted by Crippen LogP contribution is -2.28. The van der Waals surface area contributed by atoms with Gasteiger partial charge in [0.1, 0.15) is 5.65 Å². The Morgan fingerprint density at radius 3 is 2.75 bits per heavy atom. The summed E-state index contributed by atoms with van der Waals surface area (Å²) in [4.78, 5) is 31.5. The fourth-order valence-electron chi connectivity index (χ4n) is 1.97. The highest BCUT2D eigenvalue weighted by Crippen LogP contribution is 2.29. The maximum absolute atomic E-state index is 11.6. The van der Waals surface area contributed by atoms with E-state index in [2.05, 4.69) is 9.97 Å². The van der Waals surface area contributed by atoms with Crippen LogP contribution in [-0.4, -0.2) is 21.8 Å². The van der Waals surface area contributed by atoms with Gasteiger partial charge in [0.15, 0.2) is 0 Å². The predicted octanol–water partition coefficient (Wildman–Crippen LogP) is 1.22. The summed E-state index contributed by atoms with van der Waals surface area (Å²) >= 11 is 0. The van der Waals surface area contributed by atoms with E-state index >= 15 is 0 Å². The van der Waals surface area contributed by atoms with Gasteiger partial charge in [-0.05, 0) is 12.1 Å². The SMILES string of the molecule is O=C1CCC(=O)N1c1c[nH]c2ncccc12. The van der Waals surface area contributed by atoms with Crippen molar-refractivity contribution >= 4 is 28.5 Å². The van der Waals surface area contributed by atoms with Gasteiger partial charge in [0.25, 0.3) is 0 Å². The molecule has 1 N–H and O–H groups in total. The van der Waals surface area contributed by atoms with E-state index in [0.717, 1.165) is 5.39 Å². The van der Waals surface area contributed by atoms with Gasteiger partial charge in [0, 0.05) is 30.6 Å². The molecule has 3 rings (SSSR count). The lowest BCUT2D eigenvalue weighted by Gasteiger charge is -2.11. The maximum atomic E-state index is 11.6. The van der Waals surface area contributed by atoms with Crippen LogP contribution < -0.4 is 4.90 Å². The molecule has 1 aliphatic heterocycles. The molecule has 0 radical (unpaired) electrons. The molecule has 2 aromatic rings. The number of amides is 2. The molecule has 0 spiro atoms. The second-order valence-electron chi connectivity index (χ2n) is 3.70. The van der Waals surface area contributed by atoms with Crippen molar-refractivity contribution in [3.05, 3.63) is 24.5 Å². The Kier molecular flexibility index (Phi) is 1.80. The molecular weight excluding hydrogens is 206 g/mol. The van der Waals surface area contributed by atoms with Gasteiger partial charge in [-0.25, -0.2) is 9.88 Å². The number of fused-ring (bicyclic) bond motifs is 1. The first kappa shape index (κ1) is 9.08. The first-order valence-electron chi connectivity index (χ1n) is 5.05. The Hall–Kier alpha value is -2.17. The molecule has 0 aliphatic carbocycles. The van der Waals surface area contributed by atoms with Crippen molar-refractivity contribution in [2.45, 2.75) is 12.8 Å². The summed E-state index contributed by atoms with van der Waals surface area (Å²) in [6.07, 6.45) is 3.91. The van der Waals surface area contributed by atoms with Crippen molar-refractivity contribution in [2.75, 3.05) is 4.90 Å². The van der Waals surface area contributed by atoms with Crippen molar-refractivity contribution in [1.29, 1.82) is 0 Å². The Morgan fingerprint density at radius 2 is 2.00 bits per heavy atom. The molecule has 2 aromatic heterocycles. The summed E-state index contributed by atoms with van der Waals surface area (Å²) in [6.45, 7) is 0. The van der Waals surface area contributed by atoms with Crippen LogP contribution in [0, 0.1) is 0 Å². The minimum absolute atomic E-state index is 0.144. The summed E-state index contributed by atoms with van der Waals surface area (Å²) in [6, 6.07) is 3.62. The van der Waals surface area contributed by atoms with Crippen LogP contribution >= 0.6 is 0 Å². The number of hydrogen-bond donors (Lipinski definition) is 1. The monoisotopic (exact) mass is 215 g/mol. The van der Waals surface area contributed by atoms with Crippen LogP contribution in [0.5, 0.6) is 0 Å². The van der Waals surface area contributed by atoms with Crippen LogP contribution in [0.1, 0.15) is 12.8 Å². The molecule has 0 atom stereocenters. The summed E-state index contributed by atoms with van der Waals surface area (Å²) in [5.41, 5.74) is 1.29. The highest BCUT2D eigenvalue weighted by atomic mass is 16.2. The van der Waals surface area contributed by atoms with Gasteiger partial charge < -0.3 is 4.98 Å². The minimum Gasteiger partial charge on any atom is -0.344 e. The molecule has 1 saturated heterocycles. The molecule has 1 fully saturated rings. The zero-order chi connectivity index (χ0) is 11.1. The molecule has 0 bridgehead atoms. The zero-order valence-corrected chi connectivity index (χ0v) is 8.43. The van der Waals surface area contributed by atoms with Crippen LogP contribution in [-0.2, 0) is 9.59 Å². The van der Waals surface area contributed by atoms with Crippen LogP contribution in [0.4, 0.5) is 5.69 Å². The van der Waals surface area contributed by atoms with E-state index in [1.54, 1.807) is 18.5 Å². The van der Waals surface area contributed by atoms with E-state index in [9.17, 15) is 9.59 Å². The van der Waals surface area contributed by atoms with Gasteiger partial charge in [-0.15, -0.1) is 0 Å². The topological polar surface area (TPSA) is 66.1 Å². The minimum atomic E-state index is -0.144.